The molecule has 1 N–H and O–H groups in total. The van der Waals surface area contributed by atoms with Gasteiger partial charge in [0.15, 0.2) is 0 Å². The van der Waals surface area contributed by atoms with Crippen LogP contribution in [0.5, 0.6) is 5.75 Å². The number of hydrogen-bond acceptors (Lipinski definition) is 4. The Morgan fingerprint density at radius 2 is 1.97 bits per heavy atom. The number of fused-ring (bicyclic) bond motifs is 2. The number of nitrogens with one attached hydrogen (secondary N) is 1. The van der Waals surface area contributed by atoms with Crippen molar-refractivity contribution in [1.82, 2.24) is 4.90 Å². The Bertz CT molecular complexity index is 1110. The first kappa shape index (κ1) is 19.9. The lowest BCUT2D eigenvalue weighted by molar-refractivity contribution is 0.0243. The van der Waals surface area contributed by atoms with Crippen LogP contribution in [0.4, 0.5) is 5.69 Å². The van der Waals surface area contributed by atoms with Crippen molar-refractivity contribution in [3.63, 3.8) is 0 Å². The first-order valence-corrected chi connectivity index (χ1v) is 11.3. The summed E-state index contributed by atoms with van der Waals surface area (Å²) in [6.45, 7) is 3.77. The van der Waals surface area contributed by atoms with Gasteiger partial charge in [0.2, 0.25) is 0 Å². The van der Waals surface area contributed by atoms with Gasteiger partial charge in [-0.15, -0.1) is 0 Å². The van der Waals surface area contributed by atoms with Crippen molar-refractivity contribution in [2.45, 2.75) is 6.04 Å². The molecule has 1 fully saturated rings. The monoisotopic (exact) mass is 484 g/mol. The summed E-state index contributed by atoms with van der Waals surface area (Å²) < 4.78 is 12.7. The molecule has 5 rings (SSSR count). The molecule has 3 aromatic carbocycles. The van der Waals surface area contributed by atoms with Gasteiger partial charge in [0.25, 0.3) is 0 Å². The zero-order chi connectivity index (χ0) is 20.5. The van der Waals surface area contributed by atoms with Gasteiger partial charge in [-0.05, 0) is 57.0 Å². The second-order valence-electron chi connectivity index (χ2n) is 7.48. The van der Waals surface area contributed by atoms with E-state index in [1.54, 1.807) is 0 Å². The molecule has 2 heterocycles. The first-order valence-electron chi connectivity index (χ1n) is 10.1. The lowest BCUT2D eigenvalue weighted by atomic mass is 10.0. The Hall–Kier alpha value is -2.05. The van der Waals surface area contributed by atoms with Crippen LogP contribution in [0, 0.1) is 0 Å². The maximum absolute atomic E-state index is 6.30. The quantitative estimate of drug-likeness (QED) is 0.490. The number of halogens is 2. The number of nitrogens with zero attached hydrogens (tertiary/aromatic N) is 1. The predicted octanol–water partition coefficient (Wildman–Crippen LogP) is 6.02. The highest BCUT2D eigenvalue weighted by Crippen LogP contribution is 2.42. The van der Waals surface area contributed by atoms with E-state index in [0.29, 0.717) is 6.61 Å². The van der Waals surface area contributed by atoms with E-state index in [1.807, 2.05) is 30.3 Å². The molecular weight excluding hydrogens is 464 g/mol. The molecule has 0 spiro atoms. The summed E-state index contributed by atoms with van der Waals surface area (Å²) in [7, 11) is 0. The first-order chi connectivity index (χ1) is 14.7. The van der Waals surface area contributed by atoms with E-state index in [2.05, 4.69) is 56.5 Å². The summed E-state index contributed by atoms with van der Waals surface area (Å²) in [4.78, 5) is 2.44. The van der Waals surface area contributed by atoms with Crippen molar-refractivity contribution in [2.24, 2.45) is 0 Å². The highest BCUT2D eigenvalue weighted by molar-refractivity contribution is 9.10. The average Bonchev–Trinajstić information content (AvgIpc) is 3.13. The lowest BCUT2D eigenvalue weighted by Gasteiger charge is -2.33. The molecule has 30 heavy (non-hydrogen) atoms. The van der Waals surface area contributed by atoms with Crippen molar-refractivity contribution in [1.29, 1.82) is 0 Å². The Morgan fingerprint density at radius 1 is 1.13 bits per heavy atom. The van der Waals surface area contributed by atoms with E-state index in [9.17, 15) is 0 Å². The predicted molar refractivity (Wildman–Crippen MR) is 125 cm³/mol. The maximum atomic E-state index is 6.30. The van der Waals surface area contributed by atoms with Gasteiger partial charge in [0.05, 0.1) is 23.7 Å². The summed E-state index contributed by atoms with van der Waals surface area (Å²) in [5.41, 5.74) is 3.45. The van der Waals surface area contributed by atoms with Gasteiger partial charge in [0.1, 0.15) is 12.4 Å². The van der Waals surface area contributed by atoms with E-state index in [4.69, 9.17) is 21.1 Å². The highest BCUT2D eigenvalue weighted by atomic mass is 79.9. The van der Waals surface area contributed by atoms with Gasteiger partial charge >= 0.3 is 0 Å². The van der Waals surface area contributed by atoms with E-state index in [1.165, 1.54) is 10.9 Å². The summed E-state index contributed by atoms with van der Waals surface area (Å²) in [5.74, 6) is 0.840. The molecule has 0 aliphatic carbocycles. The van der Waals surface area contributed by atoms with Crippen LogP contribution in [0.2, 0.25) is 5.02 Å². The topological polar surface area (TPSA) is 33.7 Å². The zero-order valence-electron chi connectivity index (χ0n) is 16.4. The lowest BCUT2D eigenvalue weighted by Crippen LogP contribution is -2.39. The Labute approximate surface area is 189 Å². The average molecular weight is 486 g/mol. The summed E-state index contributed by atoms with van der Waals surface area (Å²) in [6, 6.07) is 18.6. The Morgan fingerprint density at radius 3 is 2.83 bits per heavy atom. The fourth-order valence-corrected chi connectivity index (χ4v) is 4.99. The number of morpholine rings is 1. The molecule has 6 heteroatoms. The minimum Gasteiger partial charge on any atom is -0.488 e. The molecule has 1 unspecified atom stereocenters. The van der Waals surface area contributed by atoms with E-state index >= 15 is 0 Å². The van der Waals surface area contributed by atoms with Gasteiger partial charge in [-0.2, -0.15) is 0 Å². The van der Waals surface area contributed by atoms with Gasteiger partial charge < -0.3 is 14.8 Å². The maximum Gasteiger partial charge on any atom is 0.134 e. The molecule has 4 nitrogen and oxygen atoms in total. The number of anilines is 1. The molecular formula is C24H22BrClN2O2. The molecule has 0 radical (unpaired) electrons. The zero-order valence-corrected chi connectivity index (χ0v) is 18.7. The van der Waals surface area contributed by atoms with Crippen LogP contribution in [-0.2, 0) is 4.74 Å². The van der Waals surface area contributed by atoms with Crippen LogP contribution in [0.25, 0.3) is 10.8 Å². The molecule has 1 saturated heterocycles. The molecule has 0 amide bonds. The Balaban J connectivity index is 1.39. The van der Waals surface area contributed by atoms with Gasteiger partial charge in [0, 0.05) is 35.1 Å². The number of ether oxygens (including phenoxy) is 2. The fraction of sp³-hybridized carbons (Fsp3) is 0.250. The van der Waals surface area contributed by atoms with Crippen LogP contribution >= 0.6 is 27.5 Å². The molecule has 0 aromatic heterocycles. The largest absolute Gasteiger partial charge is 0.488 e. The van der Waals surface area contributed by atoms with Gasteiger partial charge in [-0.3, -0.25) is 4.90 Å². The van der Waals surface area contributed by atoms with Gasteiger partial charge in [-0.25, -0.2) is 0 Å². The van der Waals surface area contributed by atoms with Crippen LogP contribution in [0.1, 0.15) is 11.6 Å². The molecule has 0 bridgehead atoms. The molecule has 1 atom stereocenters. The molecule has 3 aromatic rings. The molecule has 154 valence electrons. The van der Waals surface area contributed by atoms with Crippen LogP contribution in [0.15, 0.2) is 70.8 Å². The smallest absolute Gasteiger partial charge is 0.134 e. The van der Waals surface area contributed by atoms with Crippen LogP contribution < -0.4 is 10.1 Å². The van der Waals surface area contributed by atoms with Crippen molar-refractivity contribution in [3.05, 3.63) is 81.4 Å². The minimum absolute atomic E-state index is 0.145. The third-order valence-corrected chi connectivity index (χ3v) is 6.72. The summed E-state index contributed by atoms with van der Waals surface area (Å²) in [5, 5.41) is 6.66. The van der Waals surface area contributed by atoms with E-state index < -0.39 is 0 Å². The fourth-order valence-electron chi connectivity index (χ4n) is 4.20. The van der Waals surface area contributed by atoms with Gasteiger partial charge in [-0.1, -0.05) is 41.9 Å². The Kier molecular flexibility index (Phi) is 5.70. The third kappa shape index (κ3) is 3.83. The molecule has 0 saturated carbocycles. The number of benzene rings is 3. The molecule has 2 aliphatic rings. The van der Waals surface area contributed by atoms with Crippen LogP contribution in [0.3, 0.4) is 0 Å². The second-order valence-corrected chi connectivity index (χ2v) is 8.71. The third-order valence-electron chi connectivity index (χ3n) is 5.66. The van der Waals surface area contributed by atoms with Crippen molar-refractivity contribution in [2.75, 3.05) is 38.2 Å². The van der Waals surface area contributed by atoms with Crippen molar-refractivity contribution in [3.8, 4) is 5.75 Å². The van der Waals surface area contributed by atoms with E-state index in [0.717, 1.165) is 58.3 Å². The minimum atomic E-state index is 0.145. The van der Waals surface area contributed by atoms with Crippen molar-refractivity contribution >= 4 is 44.0 Å². The van der Waals surface area contributed by atoms with Crippen molar-refractivity contribution < 1.29 is 9.47 Å². The second kappa shape index (κ2) is 8.60. The SMILES string of the molecule is Clc1ccc2c(c1)C(N1CCOCC1)C(=CCOc1ccc3ccccc3c1Br)N2. The summed E-state index contributed by atoms with van der Waals surface area (Å²) in [6.07, 6.45) is 2.13. The summed E-state index contributed by atoms with van der Waals surface area (Å²) >= 11 is 10.0. The number of rotatable bonds is 4. The normalized spacial score (nSPS) is 20.3. The highest BCUT2D eigenvalue weighted by Gasteiger charge is 2.33. The van der Waals surface area contributed by atoms with E-state index in [-0.39, 0.29) is 6.04 Å². The number of hydrogen-bond donors (Lipinski definition) is 1. The standard InChI is InChI=1S/C24H22BrClN2O2/c25-23-18-4-2-1-3-16(18)5-8-22(23)30-12-9-21-24(28-10-13-29-14-11-28)19-15-17(26)6-7-20(19)27-21/h1-9,15,24,27H,10-14H2. The van der Waals surface area contributed by atoms with Crippen LogP contribution in [-0.4, -0.2) is 37.8 Å². The molecule has 2 aliphatic heterocycles.